The first-order chi connectivity index (χ1) is 33.5. The Morgan fingerprint density at radius 2 is 1.70 bits per heavy atom. The molecule has 1 unspecified atom stereocenters. The number of oxazole rings is 1. The molecule has 10 rings (SSSR count). The highest BCUT2D eigenvalue weighted by atomic mass is 79.9. The van der Waals surface area contributed by atoms with Crippen LogP contribution >= 0.6 is 23.1 Å². The van der Waals surface area contributed by atoms with Crippen molar-refractivity contribution in [3.63, 3.8) is 0 Å². The molecule has 18 heteroatoms. The fourth-order valence-corrected chi connectivity index (χ4v) is 14.4. The number of nitrogens with one attached hydrogen (secondary N) is 3. The average molecular weight is 1020 g/mol. The summed E-state index contributed by atoms with van der Waals surface area (Å²) in [5, 5.41) is 11.1. The number of hydrogen-bond acceptors (Lipinski definition) is 14. The van der Waals surface area contributed by atoms with Crippen LogP contribution in [0, 0.1) is 6.92 Å². The number of imide groups is 1. The molecule has 0 radical (unpaired) electrons. The molecular formula is C51H60BrN10O6P. The Hall–Kier alpha value is -5.61. The maximum absolute atomic E-state index is 14.5. The molecule has 7 heterocycles. The number of benzene rings is 3. The van der Waals surface area contributed by atoms with Crippen LogP contribution in [-0.4, -0.2) is 112 Å². The number of aromatic nitrogens is 4. The summed E-state index contributed by atoms with van der Waals surface area (Å²) in [5.74, 6) is 0.352. The molecule has 0 bridgehead atoms. The van der Waals surface area contributed by atoms with Gasteiger partial charge in [0, 0.05) is 105 Å². The highest BCUT2D eigenvalue weighted by Crippen LogP contribution is 2.54. The van der Waals surface area contributed by atoms with Crippen molar-refractivity contribution in [2.45, 2.75) is 84.2 Å². The summed E-state index contributed by atoms with van der Waals surface area (Å²) >= 11 is 3.68. The molecule has 2 amide bonds. The number of piperidine rings is 2. The Kier molecular flexibility index (Phi) is 13.7. The number of ether oxygens (including phenoxy) is 1. The van der Waals surface area contributed by atoms with Gasteiger partial charge >= 0.3 is 5.76 Å². The lowest BCUT2D eigenvalue weighted by molar-refractivity contribution is -0.135. The van der Waals surface area contributed by atoms with Crippen molar-refractivity contribution in [3.8, 4) is 5.75 Å². The van der Waals surface area contributed by atoms with Crippen molar-refractivity contribution in [3.05, 3.63) is 92.6 Å². The van der Waals surface area contributed by atoms with E-state index in [4.69, 9.17) is 19.1 Å². The van der Waals surface area contributed by atoms with E-state index in [1.165, 1.54) is 10.3 Å². The summed E-state index contributed by atoms with van der Waals surface area (Å²) in [6.07, 6.45) is 9.33. The fraction of sp³-hybridized carbons (Fsp3) is 0.451. The second kappa shape index (κ2) is 20.0. The van der Waals surface area contributed by atoms with E-state index in [-0.39, 0.29) is 18.7 Å². The van der Waals surface area contributed by atoms with E-state index in [0.29, 0.717) is 52.3 Å². The Morgan fingerprint density at radius 3 is 2.45 bits per heavy atom. The highest BCUT2D eigenvalue weighted by molar-refractivity contribution is 9.10. The maximum Gasteiger partial charge on any atom is 0.420 e. The van der Waals surface area contributed by atoms with Gasteiger partial charge in [0.1, 0.15) is 24.8 Å². The minimum atomic E-state index is -2.64. The zero-order chi connectivity index (χ0) is 47.8. The third-order valence-corrected chi connectivity index (χ3v) is 18.4. The lowest BCUT2D eigenvalue weighted by Gasteiger charge is -2.43. The highest BCUT2D eigenvalue weighted by Gasteiger charge is 2.35. The van der Waals surface area contributed by atoms with E-state index in [0.717, 1.165) is 134 Å². The number of carbonyl (C=O) groups excluding carboxylic acids is 2. The van der Waals surface area contributed by atoms with Gasteiger partial charge in [-0.05, 0) is 122 Å². The van der Waals surface area contributed by atoms with E-state index >= 15 is 0 Å². The fourth-order valence-electron chi connectivity index (χ4n) is 10.8. The number of anilines is 5. The molecule has 4 saturated heterocycles. The summed E-state index contributed by atoms with van der Waals surface area (Å²) in [7, 11) is -2.64. The van der Waals surface area contributed by atoms with E-state index < -0.39 is 24.8 Å². The topological polar surface area (TPSA) is 180 Å². The number of pyridine rings is 1. The lowest BCUT2D eigenvalue weighted by atomic mass is 10.00. The molecule has 0 aliphatic carbocycles. The first kappa shape index (κ1) is 47.1. The van der Waals surface area contributed by atoms with Crippen molar-refractivity contribution in [1.29, 1.82) is 0 Å². The van der Waals surface area contributed by atoms with Gasteiger partial charge in [0.05, 0.1) is 33.5 Å². The molecule has 16 nitrogen and oxygen atoms in total. The summed E-state index contributed by atoms with van der Waals surface area (Å²) < 4.78 is 28.4. The smallest absolute Gasteiger partial charge is 0.420 e. The molecule has 69 heavy (non-hydrogen) atoms. The molecule has 3 aromatic carbocycles. The molecule has 6 aromatic rings. The van der Waals surface area contributed by atoms with E-state index in [1.54, 1.807) is 6.20 Å². The monoisotopic (exact) mass is 1020 g/mol. The van der Waals surface area contributed by atoms with E-state index in [1.807, 2.05) is 43.3 Å². The second-order valence-electron chi connectivity index (χ2n) is 18.8. The quantitative estimate of drug-likeness (QED) is 0.0705. The summed E-state index contributed by atoms with van der Waals surface area (Å²) in [6, 6.07) is 17.9. The Labute approximate surface area is 410 Å². The van der Waals surface area contributed by atoms with Gasteiger partial charge in [-0.15, -0.1) is 0 Å². The summed E-state index contributed by atoms with van der Waals surface area (Å²) in [5.41, 5.74) is 7.87. The molecule has 0 saturated carbocycles. The zero-order valence-corrected chi connectivity index (χ0v) is 42.0. The molecule has 3 aromatic heterocycles. The van der Waals surface area contributed by atoms with Crippen molar-refractivity contribution < 1.29 is 23.3 Å². The van der Waals surface area contributed by atoms with Crippen LogP contribution in [0.4, 0.5) is 28.8 Å². The molecule has 1 atom stereocenters. The molecule has 4 fully saturated rings. The summed E-state index contributed by atoms with van der Waals surface area (Å²) in [4.78, 5) is 59.0. The van der Waals surface area contributed by atoms with Crippen LogP contribution in [0.2, 0.25) is 0 Å². The van der Waals surface area contributed by atoms with Crippen LogP contribution in [0.3, 0.4) is 0 Å². The van der Waals surface area contributed by atoms with Gasteiger partial charge in [0.25, 0.3) is 0 Å². The number of amides is 2. The van der Waals surface area contributed by atoms with Crippen LogP contribution in [0.1, 0.15) is 75.2 Å². The molecule has 3 N–H and O–H groups in total. The number of carbonyl (C=O) groups is 2. The Bertz CT molecular complexity index is 3020. The molecule has 362 valence electrons. The number of hydrogen-bond donors (Lipinski definition) is 3. The largest absolute Gasteiger partial charge is 0.492 e. The number of aryl methyl sites for hydroxylation is 2. The Balaban J connectivity index is 0.755. The van der Waals surface area contributed by atoms with Crippen molar-refractivity contribution in [1.82, 2.24) is 34.6 Å². The van der Waals surface area contributed by atoms with Crippen molar-refractivity contribution in [2.75, 3.05) is 80.3 Å². The van der Waals surface area contributed by atoms with Gasteiger partial charge in [-0.25, -0.2) is 9.78 Å². The number of halogens is 1. The number of piperazine rings is 1. The molecule has 0 spiro atoms. The van der Waals surface area contributed by atoms with E-state index in [2.05, 4.69) is 83.6 Å². The Morgan fingerprint density at radius 1 is 0.899 bits per heavy atom. The predicted molar refractivity (Wildman–Crippen MR) is 275 cm³/mol. The zero-order valence-electron chi connectivity index (χ0n) is 39.6. The van der Waals surface area contributed by atoms with Gasteiger partial charge in [0.2, 0.25) is 17.8 Å². The van der Waals surface area contributed by atoms with Gasteiger partial charge in [-0.1, -0.05) is 19.1 Å². The number of nitrogens with zero attached hydrogens (tertiary/aromatic N) is 7. The van der Waals surface area contributed by atoms with Crippen LogP contribution in [0.5, 0.6) is 5.75 Å². The number of rotatable bonds is 14. The van der Waals surface area contributed by atoms with Crippen LogP contribution in [0.25, 0.3) is 22.0 Å². The van der Waals surface area contributed by atoms with Crippen LogP contribution < -0.4 is 36.6 Å². The van der Waals surface area contributed by atoms with Crippen molar-refractivity contribution in [2.24, 2.45) is 0 Å². The summed E-state index contributed by atoms with van der Waals surface area (Å²) in [6.45, 7) is 13.6. The maximum atomic E-state index is 14.5. The average Bonchev–Trinajstić information content (AvgIpc) is 3.94. The van der Waals surface area contributed by atoms with Gasteiger partial charge in [-0.3, -0.25) is 29.4 Å². The minimum absolute atomic E-state index is 0.191. The van der Waals surface area contributed by atoms with Crippen LogP contribution in [-0.2, 0) is 27.0 Å². The SMILES string of the molecule is CCOc1cc(N2CCC(N3CCN(CCc4ccc5c(c4)oc(=O)n5C4CCC(=O)NC4=O)CC3)CC2)c(C)cc1Nc1ncc(Br)c(Nc2ccc3nc(CC)ccc3c2P2(=O)CCCC2)n1. The normalized spacial score (nSPS) is 19.4. The minimum Gasteiger partial charge on any atom is -0.492 e. The standard InChI is InChI=1S/C51H60BrN10O6P/c1-4-34-9-10-36-38(54-34)11-12-39(47(36)69(66)26-6-7-27-69)55-48-37(52)31-53-50(58-48)56-40-28-32(3)43(30-44(40)67-5-2)61-20-17-35(18-21-61)60-24-22-59(23-25-60)19-16-33-8-13-41-45(29-33)68-51(65)62(41)42-14-15-46(63)57-49(42)64/h8-13,28-31,35,42H,4-7,14-27H2,1-3H3,(H,57,63,64)(H2,53,55,56,58). The van der Waals surface area contributed by atoms with E-state index in [9.17, 15) is 18.9 Å². The molecule has 4 aliphatic rings. The lowest BCUT2D eigenvalue weighted by Crippen LogP contribution is -2.53. The second-order valence-corrected chi connectivity index (χ2v) is 22.8. The van der Waals surface area contributed by atoms with Gasteiger partial charge in [-0.2, -0.15) is 4.98 Å². The van der Waals surface area contributed by atoms with Crippen LogP contribution in [0.15, 0.2) is 74.5 Å². The van der Waals surface area contributed by atoms with Gasteiger partial charge in [0.15, 0.2) is 5.58 Å². The third kappa shape index (κ3) is 9.80. The first-order valence-corrected chi connectivity index (χ1v) is 27.4. The molecular weight excluding hydrogens is 960 g/mol. The third-order valence-electron chi connectivity index (χ3n) is 14.4. The van der Waals surface area contributed by atoms with Gasteiger partial charge < -0.3 is 34.2 Å². The number of fused-ring (bicyclic) bond motifs is 2. The molecule has 4 aliphatic heterocycles. The van der Waals surface area contributed by atoms with Crippen molar-refractivity contribution >= 4 is 91.0 Å². The first-order valence-electron chi connectivity index (χ1n) is 24.5. The predicted octanol–water partition coefficient (Wildman–Crippen LogP) is 8.04.